The molecule has 2 heterocycles. The van der Waals surface area contributed by atoms with Gasteiger partial charge in [0.15, 0.2) is 11.7 Å². The van der Waals surface area contributed by atoms with Crippen molar-refractivity contribution < 1.29 is 0 Å². The number of thioether (sulfide) groups is 1. The highest BCUT2D eigenvalue weighted by molar-refractivity contribution is 7.99. The minimum atomic E-state index is 0.281. The molecule has 0 saturated carbocycles. The molecular formula is C21H20ClN7S. The molecule has 9 heteroatoms. The van der Waals surface area contributed by atoms with Crippen LogP contribution in [0.3, 0.4) is 0 Å². The number of hydrogen-bond acceptors (Lipinski definition) is 7. The summed E-state index contributed by atoms with van der Waals surface area (Å²) in [6, 6.07) is 15.4. The first-order valence-electron chi connectivity index (χ1n) is 9.46. The summed E-state index contributed by atoms with van der Waals surface area (Å²) in [5, 5.41) is 10.9. The number of amidine groups is 1. The van der Waals surface area contributed by atoms with E-state index in [2.05, 4.69) is 15.5 Å². The standard InChI is InChI=1S/C21H20ClN7S/c22-15-4-1-3-14(12-15)20-26-17-5-2-10-30-19(17)21(27-20)25-16-8-6-13(7-9-16)11-18(28-23)29-24/h1,3-4,6-9,12,23H,2,5,10-11,24H2,(H,25,26,27)/b28-23?,29-18-. The smallest absolute Gasteiger partial charge is 0.174 e. The molecule has 152 valence electrons. The zero-order valence-electron chi connectivity index (χ0n) is 16.1. The summed E-state index contributed by atoms with van der Waals surface area (Å²) in [5.41, 5.74) is 10.9. The number of halogens is 1. The van der Waals surface area contributed by atoms with E-state index in [1.165, 1.54) is 0 Å². The quantitative estimate of drug-likeness (QED) is 0.162. The summed E-state index contributed by atoms with van der Waals surface area (Å²) in [6.07, 6.45) is 2.45. The lowest BCUT2D eigenvalue weighted by atomic mass is 10.1. The van der Waals surface area contributed by atoms with Crippen molar-refractivity contribution in [3.05, 3.63) is 64.8 Å². The minimum absolute atomic E-state index is 0.281. The van der Waals surface area contributed by atoms with Crippen LogP contribution in [0.2, 0.25) is 5.02 Å². The van der Waals surface area contributed by atoms with Crippen molar-refractivity contribution in [2.75, 3.05) is 11.1 Å². The maximum Gasteiger partial charge on any atom is 0.174 e. The van der Waals surface area contributed by atoms with Gasteiger partial charge in [-0.3, -0.25) is 0 Å². The summed E-state index contributed by atoms with van der Waals surface area (Å²) in [4.78, 5) is 10.7. The number of rotatable bonds is 5. The molecular weight excluding hydrogens is 418 g/mol. The summed E-state index contributed by atoms with van der Waals surface area (Å²) in [7, 11) is 0. The summed E-state index contributed by atoms with van der Waals surface area (Å²) in [6.45, 7) is 0. The lowest BCUT2D eigenvalue weighted by molar-refractivity contribution is 0.834. The van der Waals surface area contributed by atoms with Crippen molar-refractivity contribution >= 4 is 40.7 Å². The average Bonchev–Trinajstić information content (AvgIpc) is 2.78. The number of aromatic nitrogens is 2. The maximum atomic E-state index is 7.07. The van der Waals surface area contributed by atoms with Crippen LogP contribution in [0.4, 0.5) is 11.5 Å². The molecule has 0 bridgehead atoms. The zero-order valence-corrected chi connectivity index (χ0v) is 17.7. The van der Waals surface area contributed by atoms with Crippen molar-refractivity contribution in [3.63, 3.8) is 0 Å². The summed E-state index contributed by atoms with van der Waals surface area (Å²) in [5.74, 6) is 8.04. The van der Waals surface area contributed by atoms with Crippen molar-refractivity contribution in [3.8, 4) is 11.4 Å². The third kappa shape index (κ3) is 4.60. The number of nitrogens with two attached hydrogens (primary N) is 1. The predicted octanol–water partition coefficient (Wildman–Crippen LogP) is 5.42. The Morgan fingerprint density at radius 3 is 2.77 bits per heavy atom. The van der Waals surface area contributed by atoms with Gasteiger partial charge < -0.3 is 11.2 Å². The van der Waals surface area contributed by atoms with E-state index >= 15 is 0 Å². The van der Waals surface area contributed by atoms with Crippen LogP contribution in [0.25, 0.3) is 11.4 Å². The lowest BCUT2D eigenvalue weighted by Gasteiger charge is -2.19. The van der Waals surface area contributed by atoms with Crippen molar-refractivity contribution in [1.82, 2.24) is 9.97 Å². The molecule has 0 amide bonds. The fourth-order valence-electron chi connectivity index (χ4n) is 3.21. The molecule has 4 N–H and O–H groups in total. The molecule has 1 aliphatic rings. The molecule has 1 aliphatic heterocycles. The molecule has 30 heavy (non-hydrogen) atoms. The molecule has 0 unspecified atom stereocenters. The van der Waals surface area contributed by atoms with Crippen LogP contribution < -0.4 is 11.2 Å². The highest BCUT2D eigenvalue weighted by Gasteiger charge is 2.19. The van der Waals surface area contributed by atoms with Gasteiger partial charge in [-0.1, -0.05) is 35.9 Å². The Balaban J connectivity index is 1.64. The van der Waals surface area contributed by atoms with E-state index in [9.17, 15) is 0 Å². The fourth-order valence-corrected chi connectivity index (χ4v) is 4.44. The van der Waals surface area contributed by atoms with Crippen LogP contribution in [-0.4, -0.2) is 21.6 Å². The van der Waals surface area contributed by atoms with Crippen LogP contribution in [-0.2, 0) is 12.8 Å². The first kappa shape index (κ1) is 20.3. The average molecular weight is 438 g/mol. The number of hydrogen-bond donors (Lipinski definition) is 3. The van der Waals surface area contributed by atoms with Crippen molar-refractivity contribution in [2.45, 2.75) is 24.2 Å². The van der Waals surface area contributed by atoms with Crippen molar-refractivity contribution in [1.29, 1.82) is 5.53 Å². The van der Waals surface area contributed by atoms with E-state index < -0.39 is 0 Å². The highest BCUT2D eigenvalue weighted by atomic mass is 35.5. The molecule has 3 aromatic rings. The van der Waals surface area contributed by atoms with Gasteiger partial charge in [0.05, 0.1) is 10.6 Å². The number of hydrazone groups is 1. The van der Waals surface area contributed by atoms with Gasteiger partial charge in [0.1, 0.15) is 5.82 Å². The van der Waals surface area contributed by atoms with Gasteiger partial charge in [-0.15, -0.1) is 16.9 Å². The number of aryl methyl sites for hydroxylation is 1. The number of fused-ring (bicyclic) bond motifs is 1. The normalized spacial score (nSPS) is 13.6. The second-order valence-electron chi connectivity index (χ2n) is 6.79. The Hall–Kier alpha value is -2.97. The molecule has 0 saturated heterocycles. The first-order valence-corrected chi connectivity index (χ1v) is 10.8. The van der Waals surface area contributed by atoms with E-state index in [0.717, 1.165) is 51.8 Å². The Labute approximate surface area is 183 Å². The summed E-state index contributed by atoms with van der Waals surface area (Å²) >= 11 is 7.95. The maximum absolute atomic E-state index is 7.07. The van der Waals surface area contributed by atoms with Gasteiger partial charge >= 0.3 is 0 Å². The van der Waals surface area contributed by atoms with Gasteiger partial charge in [-0.05, 0) is 48.4 Å². The minimum Gasteiger partial charge on any atom is -0.339 e. The third-order valence-corrected chi connectivity index (χ3v) is 6.13. The Kier molecular flexibility index (Phi) is 6.25. The molecule has 0 radical (unpaired) electrons. The molecule has 0 atom stereocenters. The second-order valence-corrected chi connectivity index (χ2v) is 8.33. The molecule has 2 aromatic carbocycles. The molecule has 1 aromatic heterocycles. The monoisotopic (exact) mass is 437 g/mol. The molecule has 4 rings (SSSR count). The van der Waals surface area contributed by atoms with Crippen LogP contribution in [0.5, 0.6) is 0 Å². The zero-order chi connectivity index (χ0) is 20.9. The van der Waals surface area contributed by atoms with E-state index in [4.69, 9.17) is 32.9 Å². The number of nitrogens with zero attached hydrogens (tertiary/aromatic N) is 4. The first-order chi connectivity index (χ1) is 14.7. The van der Waals surface area contributed by atoms with Crippen LogP contribution in [0.1, 0.15) is 17.7 Å². The largest absolute Gasteiger partial charge is 0.339 e. The van der Waals surface area contributed by atoms with E-state index in [1.807, 2.05) is 48.5 Å². The number of benzene rings is 2. The van der Waals surface area contributed by atoms with E-state index in [0.29, 0.717) is 17.3 Å². The molecule has 0 aliphatic carbocycles. The number of nitrogens with one attached hydrogen (secondary N) is 2. The summed E-state index contributed by atoms with van der Waals surface area (Å²) < 4.78 is 0. The molecule has 0 fully saturated rings. The number of anilines is 2. The molecule has 7 nitrogen and oxygen atoms in total. The Bertz CT molecular complexity index is 1100. The van der Waals surface area contributed by atoms with Gasteiger partial charge in [-0.2, -0.15) is 5.10 Å². The van der Waals surface area contributed by atoms with Gasteiger partial charge in [0, 0.05) is 22.7 Å². The van der Waals surface area contributed by atoms with Crippen LogP contribution in [0.15, 0.2) is 63.6 Å². The fraction of sp³-hybridized carbons (Fsp3) is 0.190. The van der Waals surface area contributed by atoms with Gasteiger partial charge in [-0.25, -0.2) is 15.5 Å². The van der Waals surface area contributed by atoms with E-state index in [1.54, 1.807) is 11.8 Å². The van der Waals surface area contributed by atoms with Gasteiger partial charge in [0.2, 0.25) is 0 Å². The Morgan fingerprint density at radius 1 is 1.20 bits per heavy atom. The van der Waals surface area contributed by atoms with Gasteiger partial charge in [0.25, 0.3) is 0 Å². The van der Waals surface area contributed by atoms with Crippen LogP contribution >= 0.6 is 23.4 Å². The van der Waals surface area contributed by atoms with E-state index in [-0.39, 0.29) is 5.84 Å². The Morgan fingerprint density at radius 2 is 2.03 bits per heavy atom. The topological polar surface area (TPSA) is 112 Å². The highest BCUT2D eigenvalue weighted by Crippen LogP contribution is 2.37. The van der Waals surface area contributed by atoms with Crippen molar-refractivity contribution in [2.24, 2.45) is 16.1 Å². The van der Waals surface area contributed by atoms with Crippen LogP contribution in [0, 0.1) is 5.53 Å². The molecule has 0 spiro atoms. The lowest BCUT2D eigenvalue weighted by Crippen LogP contribution is -2.09. The third-order valence-electron chi connectivity index (χ3n) is 4.68. The SMILES string of the molecule is N=N/C(Cc1ccc(Nc2nc(-c3cccc(Cl)c3)nc3c2SCCC3)cc1)=N\N. The second kappa shape index (κ2) is 9.23. The predicted molar refractivity (Wildman–Crippen MR) is 122 cm³/mol.